The number of benzene rings is 1. The van der Waals surface area contributed by atoms with Gasteiger partial charge >= 0.3 is 12.1 Å². The number of rotatable bonds is 2. The molecule has 0 aliphatic heterocycles. The van der Waals surface area contributed by atoms with E-state index in [-0.39, 0.29) is 11.3 Å². The van der Waals surface area contributed by atoms with Crippen LogP contribution in [0.15, 0.2) is 47.4 Å². The molecule has 0 aliphatic rings. The molecule has 0 spiro atoms. The summed E-state index contributed by atoms with van der Waals surface area (Å²) in [5, 5.41) is 8.84. The largest absolute Gasteiger partial charge is 0.478 e. The maximum Gasteiger partial charge on any atom is 0.416 e. The Morgan fingerprint density at radius 1 is 1.15 bits per heavy atom. The number of pyridine rings is 1. The second-order valence-corrected chi connectivity index (χ2v) is 3.98. The Morgan fingerprint density at radius 2 is 1.85 bits per heavy atom. The molecule has 1 heterocycles. The van der Waals surface area contributed by atoms with E-state index in [4.69, 9.17) is 5.11 Å². The molecule has 7 heteroatoms. The molecule has 2 rings (SSSR count). The van der Waals surface area contributed by atoms with Crippen molar-refractivity contribution in [3.8, 4) is 5.69 Å². The zero-order chi connectivity index (χ0) is 14.9. The van der Waals surface area contributed by atoms with Gasteiger partial charge < -0.3 is 5.11 Å². The molecule has 2 aromatic rings. The maximum absolute atomic E-state index is 12.6. The van der Waals surface area contributed by atoms with Gasteiger partial charge in [-0.05, 0) is 24.3 Å². The van der Waals surface area contributed by atoms with Crippen LogP contribution in [0.3, 0.4) is 0 Å². The van der Waals surface area contributed by atoms with Crippen molar-refractivity contribution in [2.75, 3.05) is 0 Å². The molecule has 0 fully saturated rings. The Kier molecular flexibility index (Phi) is 3.35. The summed E-state index contributed by atoms with van der Waals surface area (Å²) in [7, 11) is 0. The number of carbonyl (C=O) groups is 1. The third-order valence-electron chi connectivity index (χ3n) is 2.61. The number of hydrogen-bond donors (Lipinski definition) is 1. The highest BCUT2D eigenvalue weighted by Crippen LogP contribution is 2.30. The highest BCUT2D eigenvalue weighted by molar-refractivity contribution is 5.87. The van der Waals surface area contributed by atoms with Crippen LogP contribution < -0.4 is 5.56 Å². The van der Waals surface area contributed by atoms with Gasteiger partial charge in [-0.15, -0.1) is 0 Å². The van der Waals surface area contributed by atoms with E-state index in [1.54, 1.807) is 0 Å². The molecule has 1 aromatic heterocycles. The average Bonchev–Trinajstić information content (AvgIpc) is 2.38. The lowest BCUT2D eigenvalue weighted by atomic mass is 10.2. The number of nitrogens with zero attached hydrogens (tertiary/aromatic N) is 1. The molecule has 0 bridgehead atoms. The summed E-state index contributed by atoms with van der Waals surface area (Å²) in [5.41, 5.74) is -1.77. The van der Waals surface area contributed by atoms with Crippen LogP contribution in [0.25, 0.3) is 5.69 Å². The van der Waals surface area contributed by atoms with E-state index in [2.05, 4.69) is 0 Å². The molecule has 0 amide bonds. The lowest BCUT2D eigenvalue weighted by Gasteiger charge is -2.10. The number of carboxylic acids is 1. The van der Waals surface area contributed by atoms with Gasteiger partial charge in [0.2, 0.25) is 0 Å². The number of alkyl halides is 3. The predicted octanol–water partition coefficient (Wildman–Crippen LogP) is 2.55. The van der Waals surface area contributed by atoms with Crippen LogP contribution in [0.5, 0.6) is 0 Å². The summed E-state index contributed by atoms with van der Waals surface area (Å²) in [6, 6.07) is 6.18. The van der Waals surface area contributed by atoms with E-state index in [0.29, 0.717) is 0 Å². The standard InChI is InChI=1S/C13H8F3NO3/c14-13(15,16)9-2-1-3-10(6-9)17-7-8(12(19)20)4-5-11(17)18/h1-7H,(H,19,20). The van der Waals surface area contributed by atoms with Crippen LogP contribution in [0.2, 0.25) is 0 Å². The zero-order valence-electron chi connectivity index (χ0n) is 9.89. The summed E-state index contributed by atoms with van der Waals surface area (Å²) >= 11 is 0. The third-order valence-corrected chi connectivity index (χ3v) is 2.61. The SMILES string of the molecule is O=C(O)c1ccc(=O)n(-c2cccc(C(F)(F)F)c2)c1. The van der Waals surface area contributed by atoms with Gasteiger partial charge in [0, 0.05) is 18.0 Å². The van der Waals surface area contributed by atoms with Crippen molar-refractivity contribution in [3.05, 3.63) is 64.1 Å². The lowest BCUT2D eigenvalue weighted by Crippen LogP contribution is -2.19. The van der Waals surface area contributed by atoms with Gasteiger partial charge in [0.1, 0.15) is 0 Å². The Labute approximate surface area is 110 Å². The topological polar surface area (TPSA) is 59.3 Å². The number of halogens is 3. The predicted molar refractivity (Wildman–Crippen MR) is 64.0 cm³/mol. The van der Waals surface area contributed by atoms with Crippen molar-refractivity contribution in [2.24, 2.45) is 0 Å². The van der Waals surface area contributed by atoms with E-state index in [1.807, 2.05) is 0 Å². The van der Waals surface area contributed by atoms with E-state index < -0.39 is 23.3 Å². The molecule has 0 saturated heterocycles. The van der Waals surface area contributed by atoms with Gasteiger partial charge in [0.25, 0.3) is 5.56 Å². The molecule has 0 atom stereocenters. The van der Waals surface area contributed by atoms with E-state index >= 15 is 0 Å². The average molecular weight is 283 g/mol. The summed E-state index contributed by atoms with van der Waals surface area (Å²) in [6.07, 6.45) is -3.55. The summed E-state index contributed by atoms with van der Waals surface area (Å²) in [5.74, 6) is -1.27. The van der Waals surface area contributed by atoms with Crippen molar-refractivity contribution in [3.63, 3.8) is 0 Å². The first-order chi connectivity index (χ1) is 9.29. The zero-order valence-corrected chi connectivity index (χ0v) is 9.89. The van der Waals surface area contributed by atoms with E-state index in [0.717, 1.165) is 41.1 Å². The molecular weight excluding hydrogens is 275 g/mol. The van der Waals surface area contributed by atoms with Crippen molar-refractivity contribution >= 4 is 5.97 Å². The van der Waals surface area contributed by atoms with E-state index in [1.165, 1.54) is 6.07 Å². The van der Waals surface area contributed by atoms with Gasteiger partial charge in [-0.2, -0.15) is 13.2 Å². The minimum atomic E-state index is -4.54. The lowest BCUT2D eigenvalue weighted by molar-refractivity contribution is -0.137. The Balaban J connectivity index is 2.60. The van der Waals surface area contributed by atoms with Crippen LogP contribution in [0.1, 0.15) is 15.9 Å². The molecule has 1 N–H and O–H groups in total. The summed E-state index contributed by atoms with van der Waals surface area (Å²) < 4.78 is 38.7. The number of aromatic carboxylic acids is 1. The fourth-order valence-electron chi connectivity index (χ4n) is 1.65. The smallest absolute Gasteiger partial charge is 0.416 e. The van der Waals surface area contributed by atoms with Gasteiger partial charge in [0.15, 0.2) is 0 Å². The Morgan fingerprint density at radius 3 is 2.45 bits per heavy atom. The van der Waals surface area contributed by atoms with Gasteiger partial charge in [-0.1, -0.05) is 6.07 Å². The molecule has 20 heavy (non-hydrogen) atoms. The van der Waals surface area contributed by atoms with Crippen molar-refractivity contribution in [2.45, 2.75) is 6.18 Å². The normalized spacial score (nSPS) is 11.3. The molecule has 0 radical (unpaired) electrons. The second-order valence-electron chi connectivity index (χ2n) is 3.98. The number of hydrogen-bond acceptors (Lipinski definition) is 2. The van der Waals surface area contributed by atoms with Crippen molar-refractivity contribution in [1.29, 1.82) is 0 Å². The summed E-state index contributed by atoms with van der Waals surface area (Å²) in [4.78, 5) is 22.5. The molecule has 1 aromatic carbocycles. The molecule has 0 unspecified atom stereocenters. The summed E-state index contributed by atoms with van der Waals surface area (Å²) in [6.45, 7) is 0. The van der Waals surface area contributed by atoms with Crippen LogP contribution >= 0.6 is 0 Å². The Hall–Kier alpha value is -2.57. The van der Waals surface area contributed by atoms with E-state index in [9.17, 15) is 22.8 Å². The third kappa shape index (κ3) is 2.71. The highest BCUT2D eigenvalue weighted by Gasteiger charge is 2.30. The van der Waals surface area contributed by atoms with Gasteiger partial charge in [-0.3, -0.25) is 9.36 Å². The minimum Gasteiger partial charge on any atom is -0.478 e. The highest BCUT2D eigenvalue weighted by atomic mass is 19.4. The fourth-order valence-corrected chi connectivity index (χ4v) is 1.65. The minimum absolute atomic E-state index is 0.0482. The molecule has 0 saturated carbocycles. The monoisotopic (exact) mass is 283 g/mol. The van der Waals surface area contributed by atoms with Crippen molar-refractivity contribution < 1.29 is 23.1 Å². The number of carboxylic acid groups (broad SMARTS) is 1. The molecule has 104 valence electrons. The first-order valence-corrected chi connectivity index (χ1v) is 5.42. The molecule has 4 nitrogen and oxygen atoms in total. The maximum atomic E-state index is 12.6. The second kappa shape index (κ2) is 4.84. The molecule has 0 aliphatic carbocycles. The van der Waals surface area contributed by atoms with Crippen LogP contribution in [-0.2, 0) is 6.18 Å². The van der Waals surface area contributed by atoms with Crippen LogP contribution in [0, 0.1) is 0 Å². The molecular formula is C13H8F3NO3. The van der Waals surface area contributed by atoms with Crippen LogP contribution in [0.4, 0.5) is 13.2 Å². The number of aromatic nitrogens is 1. The van der Waals surface area contributed by atoms with Crippen molar-refractivity contribution in [1.82, 2.24) is 4.57 Å². The first kappa shape index (κ1) is 13.9. The van der Waals surface area contributed by atoms with Gasteiger partial charge in [0.05, 0.1) is 11.1 Å². The quantitative estimate of drug-likeness (QED) is 0.921. The Bertz CT molecular complexity index is 719. The first-order valence-electron chi connectivity index (χ1n) is 5.42. The van der Waals surface area contributed by atoms with Gasteiger partial charge in [-0.25, -0.2) is 4.79 Å². The van der Waals surface area contributed by atoms with Crippen LogP contribution in [-0.4, -0.2) is 15.6 Å². The fraction of sp³-hybridized carbons (Fsp3) is 0.0769.